The summed E-state index contributed by atoms with van der Waals surface area (Å²) in [6.45, 7) is 0. The Morgan fingerprint density at radius 1 is 1.33 bits per heavy atom. The molecule has 1 nitrogen and oxygen atoms in total. The van der Waals surface area contributed by atoms with Crippen molar-refractivity contribution in [2.75, 3.05) is 0 Å². The van der Waals surface area contributed by atoms with E-state index in [9.17, 15) is 5.11 Å². The molecular formula is C13H20OS. The summed E-state index contributed by atoms with van der Waals surface area (Å²) in [6, 6.07) is 4.26. The highest BCUT2D eigenvalue weighted by molar-refractivity contribution is 7.09. The second-order valence-corrected chi connectivity index (χ2v) is 5.62. The van der Waals surface area contributed by atoms with E-state index in [-0.39, 0.29) is 6.10 Å². The van der Waals surface area contributed by atoms with Gasteiger partial charge in [-0.3, -0.25) is 0 Å². The van der Waals surface area contributed by atoms with E-state index in [0.717, 1.165) is 12.8 Å². The fourth-order valence-corrected chi connectivity index (χ4v) is 3.22. The van der Waals surface area contributed by atoms with Gasteiger partial charge in [0.15, 0.2) is 0 Å². The molecule has 1 aliphatic carbocycles. The van der Waals surface area contributed by atoms with Crippen molar-refractivity contribution in [2.45, 2.75) is 51.0 Å². The van der Waals surface area contributed by atoms with Crippen molar-refractivity contribution in [2.24, 2.45) is 5.92 Å². The normalized spacial score (nSPS) is 20.3. The van der Waals surface area contributed by atoms with E-state index in [2.05, 4.69) is 17.5 Å². The molecule has 0 bridgehead atoms. The number of rotatable bonds is 4. The number of aliphatic hydroxyl groups excluding tert-OH is 1. The Bertz CT molecular complexity index is 262. The average molecular weight is 224 g/mol. The first-order chi connectivity index (χ1) is 7.36. The minimum Gasteiger partial charge on any atom is -0.393 e. The zero-order chi connectivity index (χ0) is 10.5. The minimum absolute atomic E-state index is 0.0626. The van der Waals surface area contributed by atoms with Crippen LogP contribution in [-0.2, 0) is 6.42 Å². The van der Waals surface area contributed by atoms with E-state index in [1.807, 2.05) is 0 Å². The molecule has 0 amide bonds. The second-order valence-electron chi connectivity index (χ2n) is 4.58. The third-order valence-corrected chi connectivity index (χ3v) is 4.40. The summed E-state index contributed by atoms with van der Waals surface area (Å²) in [5.74, 6) is 0.582. The fourth-order valence-electron chi connectivity index (χ4n) is 2.50. The number of aliphatic hydroxyl groups is 1. The van der Waals surface area contributed by atoms with Crippen molar-refractivity contribution >= 4 is 11.3 Å². The van der Waals surface area contributed by atoms with Crippen LogP contribution in [0.1, 0.15) is 43.4 Å². The predicted molar refractivity (Wildman–Crippen MR) is 65.2 cm³/mol. The van der Waals surface area contributed by atoms with E-state index in [4.69, 9.17) is 0 Å². The Hall–Kier alpha value is -0.340. The number of hydrogen-bond donors (Lipinski definition) is 1. The average Bonchev–Trinajstić information content (AvgIpc) is 2.80. The van der Waals surface area contributed by atoms with Gasteiger partial charge in [0.1, 0.15) is 0 Å². The first kappa shape index (κ1) is 11.2. The highest BCUT2D eigenvalue weighted by atomic mass is 32.1. The van der Waals surface area contributed by atoms with Crippen LogP contribution in [0.25, 0.3) is 0 Å². The summed E-state index contributed by atoms with van der Waals surface area (Å²) >= 11 is 1.80. The second kappa shape index (κ2) is 5.66. The standard InChI is InChI=1S/C13H20OS/c14-13(11-5-2-1-3-6-11)9-8-12-7-4-10-15-12/h4,7,10-11,13-14H,1-3,5-6,8-9H2. The number of thiophene rings is 1. The van der Waals surface area contributed by atoms with E-state index < -0.39 is 0 Å². The molecule has 1 atom stereocenters. The Balaban J connectivity index is 1.74. The van der Waals surface area contributed by atoms with Gasteiger partial charge in [-0.2, -0.15) is 0 Å². The maximum absolute atomic E-state index is 10.1. The van der Waals surface area contributed by atoms with Crippen LogP contribution < -0.4 is 0 Å². The molecule has 1 fully saturated rings. The predicted octanol–water partition coefficient (Wildman–Crippen LogP) is 3.62. The lowest BCUT2D eigenvalue weighted by molar-refractivity contribution is 0.0777. The van der Waals surface area contributed by atoms with Crippen molar-refractivity contribution in [3.8, 4) is 0 Å². The molecule has 2 heteroatoms. The molecule has 0 aliphatic heterocycles. The molecule has 1 unspecified atom stereocenters. The van der Waals surface area contributed by atoms with Crippen LogP contribution in [-0.4, -0.2) is 11.2 Å². The largest absolute Gasteiger partial charge is 0.393 e. The molecule has 1 saturated carbocycles. The lowest BCUT2D eigenvalue weighted by Crippen LogP contribution is -2.23. The Morgan fingerprint density at radius 3 is 2.80 bits per heavy atom. The Kier molecular flexibility index (Phi) is 4.21. The molecule has 0 spiro atoms. The molecule has 1 heterocycles. The van der Waals surface area contributed by atoms with Gasteiger partial charge in [-0.15, -0.1) is 11.3 Å². The van der Waals surface area contributed by atoms with Crippen molar-refractivity contribution in [3.05, 3.63) is 22.4 Å². The van der Waals surface area contributed by atoms with Crippen LogP contribution in [0.3, 0.4) is 0 Å². The first-order valence-electron chi connectivity index (χ1n) is 6.06. The van der Waals surface area contributed by atoms with Gasteiger partial charge in [0.25, 0.3) is 0 Å². The van der Waals surface area contributed by atoms with Gasteiger partial charge in [0.2, 0.25) is 0 Å². The molecule has 15 heavy (non-hydrogen) atoms. The SMILES string of the molecule is OC(CCc1cccs1)C1CCCCC1. The minimum atomic E-state index is -0.0626. The van der Waals surface area contributed by atoms with Gasteiger partial charge in [0.05, 0.1) is 6.10 Å². The van der Waals surface area contributed by atoms with Gasteiger partial charge in [0, 0.05) is 4.88 Å². The Morgan fingerprint density at radius 2 is 2.13 bits per heavy atom. The zero-order valence-electron chi connectivity index (χ0n) is 9.19. The summed E-state index contributed by atoms with van der Waals surface area (Å²) in [7, 11) is 0. The fraction of sp³-hybridized carbons (Fsp3) is 0.692. The summed E-state index contributed by atoms with van der Waals surface area (Å²) in [6.07, 6.45) is 8.43. The smallest absolute Gasteiger partial charge is 0.0571 e. The van der Waals surface area contributed by atoms with Crippen molar-refractivity contribution in [3.63, 3.8) is 0 Å². The van der Waals surface area contributed by atoms with Gasteiger partial charge < -0.3 is 5.11 Å². The summed E-state index contributed by atoms with van der Waals surface area (Å²) in [5, 5.41) is 12.2. The number of aryl methyl sites for hydroxylation is 1. The highest BCUT2D eigenvalue weighted by Crippen LogP contribution is 2.28. The lowest BCUT2D eigenvalue weighted by atomic mass is 9.84. The summed E-state index contributed by atoms with van der Waals surface area (Å²) < 4.78 is 0. The van der Waals surface area contributed by atoms with Crippen molar-refractivity contribution in [1.82, 2.24) is 0 Å². The van der Waals surface area contributed by atoms with Gasteiger partial charge in [-0.05, 0) is 43.0 Å². The van der Waals surface area contributed by atoms with E-state index in [1.165, 1.54) is 37.0 Å². The van der Waals surface area contributed by atoms with Crippen LogP contribution in [0.2, 0.25) is 0 Å². The van der Waals surface area contributed by atoms with Gasteiger partial charge in [-0.25, -0.2) is 0 Å². The molecule has 0 saturated heterocycles. The van der Waals surface area contributed by atoms with Crippen LogP contribution in [0, 0.1) is 5.92 Å². The third-order valence-electron chi connectivity index (χ3n) is 3.46. The van der Waals surface area contributed by atoms with Gasteiger partial charge in [-0.1, -0.05) is 25.3 Å². The lowest BCUT2D eigenvalue weighted by Gasteiger charge is -2.26. The van der Waals surface area contributed by atoms with Gasteiger partial charge >= 0.3 is 0 Å². The molecule has 0 radical (unpaired) electrons. The molecule has 84 valence electrons. The maximum Gasteiger partial charge on any atom is 0.0571 e. The molecule has 1 aromatic heterocycles. The third kappa shape index (κ3) is 3.32. The van der Waals surface area contributed by atoms with Crippen LogP contribution in [0.15, 0.2) is 17.5 Å². The molecule has 1 N–H and O–H groups in total. The van der Waals surface area contributed by atoms with Crippen LogP contribution in [0.5, 0.6) is 0 Å². The monoisotopic (exact) mass is 224 g/mol. The summed E-state index contributed by atoms with van der Waals surface area (Å²) in [4.78, 5) is 1.41. The van der Waals surface area contributed by atoms with Crippen molar-refractivity contribution < 1.29 is 5.11 Å². The first-order valence-corrected chi connectivity index (χ1v) is 6.94. The number of hydrogen-bond acceptors (Lipinski definition) is 2. The summed E-state index contributed by atoms with van der Waals surface area (Å²) in [5.41, 5.74) is 0. The van der Waals surface area contributed by atoms with E-state index in [0.29, 0.717) is 5.92 Å². The van der Waals surface area contributed by atoms with Crippen LogP contribution in [0.4, 0.5) is 0 Å². The molecule has 1 aromatic rings. The van der Waals surface area contributed by atoms with E-state index in [1.54, 1.807) is 11.3 Å². The zero-order valence-corrected chi connectivity index (χ0v) is 10.0. The topological polar surface area (TPSA) is 20.2 Å². The molecule has 0 aromatic carbocycles. The Labute approximate surface area is 96.1 Å². The van der Waals surface area contributed by atoms with E-state index >= 15 is 0 Å². The quantitative estimate of drug-likeness (QED) is 0.828. The molecule has 1 aliphatic rings. The highest BCUT2D eigenvalue weighted by Gasteiger charge is 2.21. The maximum atomic E-state index is 10.1. The molecule has 2 rings (SSSR count). The van der Waals surface area contributed by atoms with Crippen LogP contribution >= 0.6 is 11.3 Å². The van der Waals surface area contributed by atoms with Crippen molar-refractivity contribution in [1.29, 1.82) is 0 Å². The molecular weight excluding hydrogens is 204 g/mol.